The van der Waals surface area contributed by atoms with Gasteiger partial charge in [0.1, 0.15) is 0 Å². The van der Waals surface area contributed by atoms with E-state index >= 15 is 0 Å². The van der Waals surface area contributed by atoms with Crippen molar-refractivity contribution in [3.8, 4) is 0 Å². The second kappa shape index (κ2) is 7.55. The van der Waals surface area contributed by atoms with Gasteiger partial charge in [-0.15, -0.1) is 0 Å². The van der Waals surface area contributed by atoms with Gasteiger partial charge in [0.05, 0.1) is 17.8 Å². The standard InChI is InChI=1S/C17H19F3N4O3S/c1-23-10-15(21-11-23)28(26,27)24-8-2-3-12(9-24)16(25)22-14-6-4-13(5-7-14)17(18,19)20/h4-7,10-12H,2-3,8-9H2,1H3,(H,22,25)/t12-/m1/s1. The minimum atomic E-state index is -4.45. The fourth-order valence-electron chi connectivity index (χ4n) is 3.02. The van der Waals surface area contributed by atoms with Crippen LogP contribution in [-0.4, -0.2) is 41.3 Å². The highest BCUT2D eigenvalue weighted by molar-refractivity contribution is 7.89. The topological polar surface area (TPSA) is 84.3 Å². The van der Waals surface area contributed by atoms with Crippen LogP contribution in [0.5, 0.6) is 0 Å². The molecule has 28 heavy (non-hydrogen) atoms. The number of carbonyl (C=O) groups is 1. The van der Waals surface area contributed by atoms with Gasteiger partial charge >= 0.3 is 6.18 Å². The van der Waals surface area contributed by atoms with Gasteiger partial charge in [-0.05, 0) is 37.1 Å². The maximum absolute atomic E-state index is 12.7. The summed E-state index contributed by atoms with van der Waals surface area (Å²) in [7, 11) is -2.15. The predicted octanol–water partition coefficient (Wildman–Crippen LogP) is 2.48. The summed E-state index contributed by atoms with van der Waals surface area (Å²) in [6, 6.07) is 4.11. The fourth-order valence-corrected chi connectivity index (χ4v) is 4.51. The molecule has 0 saturated carbocycles. The van der Waals surface area contributed by atoms with E-state index in [-0.39, 0.29) is 23.8 Å². The van der Waals surface area contributed by atoms with Gasteiger partial charge < -0.3 is 9.88 Å². The Hall–Kier alpha value is -2.40. The van der Waals surface area contributed by atoms with Crippen LogP contribution in [0, 0.1) is 5.92 Å². The second-order valence-corrected chi connectivity index (χ2v) is 8.53. The average molecular weight is 416 g/mol. The van der Waals surface area contributed by atoms with Crippen LogP contribution in [0.25, 0.3) is 0 Å². The number of imidazole rings is 1. The number of hydrogen-bond donors (Lipinski definition) is 1. The largest absolute Gasteiger partial charge is 0.416 e. The molecule has 11 heteroatoms. The number of aromatic nitrogens is 2. The number of benzene rings is 1. The van der Waals surface area contributed by atoms with Gasteiger partial charge in [0.2, 0.25) is 5.91 Å². The first-order chi connectivity index (χ1) is 13.1. The van der Waals surface area contributed by atoms with E-state index in [9.17, 15) is 26.4 Å². The molecule has 1 saturated heterocycles. The summed E-state index contributed by atoms with van der Waals surface area (Å²) in [5.74, 6) is -1.03. The maximum atomic E-state index is 12.7. The Labute approximate surface area is 160 Å². The quantitative estimate of drug-likeness (QED) is 0.830. The van der Waals surface area contributed by atoms with Crippen LogP contribution in [0.3, 0.4) is 0 Å². The molecule has 0 aliphatic carbocycles. The highest BCUT2D eigenvalue weighted by Gasteiger charge is 2.34. The number of rotatable bonds is 4. The number of alkyl halides is 3. The highest BCUT2D eigenvalue weighted by Crippen LogP contribution is 2.30. The second-order valence-electron chi connectivity index (χ2n) is 6.64. The number of sulfonamides is 1. The number of nitrogens with zero attached hydrogens (tertiary/aromatic N) is 3. The molecular weight excluding hydrogens is 397 g/mol. The van der Waals surface area contributed by atoms with Crippen molar-refractivity contribution < 1.29 is 26.4 Å². The summed E-state index contributed by atoms with van der Waals surface area (Å²) in [5.41, 5.74) is -0.585. The summed E-state index contributed by atoms with van der Waals surface area (Å²) >= 11 is 0. The Morgan fingerprint density at radius 3 is 2.50 bits per heavy atom. The molecule has 152 valence electrons. The molecule has 1 N–H and O–H groups in total. The maximum Gasteiger partial charge on any atom is 0.416 e. The van der Waals surface area contributed by atoms with E-state index in [2.05, 4.69) is 10.3 Å². The third kappa shape index (κ3) is 4.36. The fraction of sp³-hybridized carbons (Fsp3) is 0.412. The lowest BCUT2D eigenvalue weighted by molar-refractivity contribution is -0.137. The van der Waals surface area contributed by atoms with E-state index in [1.54, 1.807) is 7.05 Å². The number of carbonyl (C=O) groups excluding carboxylic acids is 1. The van der Waals surface area contributed by atoms with Crippen LogP contribution < -0.4 is 5.32 Å². The molecule has 1 aliphatic heterocycles. The van der Waals surface area contributed by atoms with Crippen molar-refractivity contribution in [3.05, 3.63) is 42.4 Å². The number of amides is 1. The molecule has 7 nitrogen and oxygen atoms in total. The van der Waals surface area contributed by atoms with E-state index in [1.807, 2.05) is 0 Å². The van der Waals surface area contributed by atoms with Gasteiger partial charge in [0, 0.05) is 32.0 Å². The molecule has 2 aromatic rings. The van der Waals surface area contributed by atoms with E-state index in [0.29, 0.717) is 12.8 Å². The predicted molar refractivity (Wildman–Crippen MR) is 94.8 cm³/mol. The summed E-state index contributed by atoms with van der Waals surface area (Å²) < 4.78 is 65.9. The summed E-state index contributed by atoms with van der Waals surface area (Å²) in [5, 5.41) is 2.47. The van der Waals surface area contributed by atoms with Crippen LogP contribution in [0.1, 0.15) is 18.4 Å². The molecule has 2 heterocycles. The first-order valence-corrected chi connectivity index (χ1v) is 9.97. The number of hydrogen-bond acceptors (Lipinski definition) is 4. The Kier molecular flexibility index (Phi) is 5.48. The van der Waals surface area contributed by atoms with Gasteiger partial charge in [-0.2, -0.15) is 17.5 Å². The molecular formula is C17H19F3N4O3S. The lowest BCUT2D eigenvalue weighted by Crippen LogP contribution is -2.43. The zero-order valence-electron chi connectivity index (χ0n) is 15.0. The Morgan fingerprint density at radius 1 is 1.25 bits per heavy atom. The van der Waals surface area contributed by atoms with Crippen LogP contribution >= 0.6 is 0 Å². The number of piperidine rings is 1. The van der Waals surface area contributed by atoms with Gasteiger partial charge in [-0.25, -0.2) is 13.4 Å². The van der Waals surface area contributed by atoms with Crippen molar-refractivity contribution in [2.24, 2.45) is 13.0 Å². The number of anilines is 1. The summed E-state index contributed by atoms with van der Waals surface area (Å²) in [6.45, 7) is 0.272. The molecule has 0 radical (unpaired) electrons. The van der Waals surface area contributed by atoms with E-state index < -0.39 is 33.6 Å². The van der Waals surface area contributed by atoms with E-state index in [0.717, 1.165) is 12.1 Å². The molecule has 1 atom stereocenters. The van der Waals surface area contributed by atoms with Gasteiger partial charge in [-0.3, -0.25) is 4.79 Å². The van der Waals surface area contributed by atoms with Gasteiger partial charge in [-0.1, -0.05) is 0 Å². The summed E-state index contributed by atoms with van der Waals surface area (Å²) in [6.07, 6.45) is -0.697. The third-order valence-electron chi connectivity index (χ3n) is 4.52. The first kappa shape index (κ1) is 20.3. The molecule has 0 spiro atoms. The van der Waals surface area contributed by atoms with Crippen molar-refractivity contribution in [1.29, 1.82) is 0 Å². The third-order valence-corrected chi connectivity index (χ3v) is 6.27. The van der Waals surface area contributed by atoms with Crippen molar-refractivity contribution in [2.75, 3.05) is 18.4 Å². The van der Waals surface area contributed by atoms with Gasteiger partial charge in [0.15, 0.2) is 5.03 Å². The lowest BCUT2D eigenvalue weighted by atomic mass is 9.98. The monoisotopic (exact) mass is 416 g/mol. The molecule has 3 rings (SSSR count). The molecule has 0 bridgehead atoms. The zero-order valence-corrected chi connectivity index (χ0v) is 15.8. The SMILES string of the molecule is Cn1cnc(S(=O)(=O)N2CCC[C@@H](C(=O)Nc3ccc(C(F)(F)F)cc3)C2)c1. The normalized spacial score (nSPS) is 18.8. The van der Waals surface area contributed by atoms with Crippen LogP contribution in [0.15, 0.2) is 41.8 Å². The number of aryl methyl sites for hydroxylation is 1. The van der Waals surface area contributed by atoms with Crippen LogP contribution in [-0.2, 0) is 28.0 Å². The average Bonchev–Trinajstić information content (AvgIpc) is 3.09. The molecule has 1 aromatic heterocycles. The number of halogens is 3. The van der Waals surface area contributed by atoms with E-state index in [1.165, 1.54) is 33.5 Å². The smallest absolute Gasteiger partial charge is 0.339 e. The molecule has 1 aromatic carbocycles. The molecule has 1 aliphatic rings. The first-order valence-electron chi connectivity index (χ1n) is 8.53. The van der Waals surface area contributed by atoms with Crippen LogP contribution in [0.4, 0.5) is 18.9 Å². The lowest BCUT2D eigenvalue weighted by Gasteiger charge is -2.30. The summed E-state index contributed by atoms with van der Waals surface area (Å²) in [4.78, 5) is 16.4. The van der Waals surface area contributed by atoms with Crippen molar-refractivity contribution in [1.82, 2.24) is 13.9 Å². The van der Waals surface area contributed by atoms with Crippen molar-refractivity contribution >= 4 is 21.6 Å². The number of nitrogens with one attached hydrogen (secondary N) is 1. The Bertz CT molecular complexity index is 955. The molecule has 1 amide bonds. The highest BCUT2D eigenvalue weighted by atomic mass is 32.2. The van der Waals surface area contributed by atoms with Crippen LogP contribution in [0.2, 0.25) is 0 Å². The van der Waals surface area contributed by atoms with Gasteiger partial charge in [0.25, 0.3) is 10.0 Å². The Balaban J connectivity index is 1.68. The minimum absolute atomic E-state index is 0.00856. The minimum Gasteiger partial charge on any atom is -0.339 e. The van der Waals surface area contributed by atoms with Crippen molar-refractivity contribution in [3.63, 3.8) is 0 Å². The van der Waals surface area contributed by atoms with Crippen molar-refractivity contribution in [2.45, 2.75) is 24.0 Å². The zero-order chi connectivity index (χ0) is 20.5. The van der Waals surface area contributed by atoms with E-state index in [4.69, 9.17) is 0 Å². The molecule has 0 unspecified atom stereocenters. The Morgan fingerprint density at radius 2 is 1.93 bits per heavy atom. The molecule has 1 fully saturated rings.